The summed E-state index contributed by atoms with van der Waals surface area (Å²) in [7, 11) is 1.49. The van der Waals surface area contributed by atoms with Crippen LogP contribution in [0.3, 0.4) is 0 Å². The monoisotopic (exact) mass is 352 g/mol. The van der Waals surface area contributed by atoms with Gasteiger partial charge < -0.3 is 4.74 Å². The van der Waals surface area contributed by atoms with Crippen LogP contribution in [0.1, 0.15) is 38.5 Å². The van der Waals surface area contributed by atoms with Crippen molar-refractivity contribution in [2.75, 3.05) is 12.9 Å². The number of carbonyl (C=O) groups is 1. The number of thioether (sulfide) groups is 1. The normalized spacial score (nSPS) is 55.2. The van der Waals surface area contributed by atoms with Crippen molar-refractivity contribution in [3.05, 3.63) is 0 Å². The summed E-state index contributed by atoms with van der Waals surface area (Å²) in [5.74, 6) is 9.11. The van der Waals surface area contributed by atoms with Gasteiger partial charge in [-0.05, 0) is 79.4 Å². The van der Waals surface area contributed by atoms with Gasteiger partial charge in [-0.3, -0.25) is 4.79 Å². The van der Waals surface area contributed by atoms with Gasteiger partial charge in [-0.2, -0.15) is 24.4 Å². The van der Waals surface area contributed by atoms with Crippen LogP contribution in [0.15, 0.2) is 0 Å². The summed E-state index contributed by atoms with van der Waals surface area (Å²) in [6.45, 7) is 0. The quantitative estimate of drug-likeness (QED) is 0.472. The van der Waals surface area contributed by atoms with Crippen LogP contribution in [0.25, 0.3) is 0 Å². The molecule has 0 amide bonds. The molecule has 128 valence electrons. The van der Waals surface area contributed by atoms with Crippen LogP contribution in [-0.2, 0) is 9.53 Å². The van der Waals surface area contributed by atoms with Crippen LogP contribution < -0.4 is 0 Å². The number of hydrogen-bond acceptors (Lipinski definition) is 4. The first kappa shape index (κ1) is 15.4. The van der Waals surface area contributed by atoms with E-state index in [0.29, 0.717) is 11.7 Å². The van der Waals surface area contributed by atoms with E-state index < -0.39 is 0 Å². The fourth-order valence-electron chi connectivity index (χ4n) is 7.79. The molecule has 0 aromatic carbocycles. The van der Waals surface area contributed by atoms with Gasteiger partial charge in [-0.25, -0.2) is 0 Å². The van der Waals surface area contributed by atoms with Crippen molar-refractivity contribution >= 4 is 30.4 Å². The molecule has 10 atom stereocenters. The molecule has 0 heterocycles. The number of rotatable bonds is 4. The molecule has 5 aliphatic rings. The topological polar surface area (TPSA) is 26.3 Å². The highest BCUT2D eigenvalue weighted by molar-refractivity contribution is 7.99. The van der Waals surface area contributed by atoms with E-state index in [1.54, 1.807) is 6.42 Å². The molecule has 5 aliphatic carbocycles. The number of carbonyl (C=O) groups excluding carboxylic acids is 1. The van der Waals surface area contributed by atoms with Gasteiger partial charge in [0.2, 0.25) is 0 Å². The smallest absolute Gasteiger partial charge is 0.306 e. The molecule has 0 saturated heterocycles. The molecule has 4 bridgehead atoms. The Balaban J connectivity index is 1.24. The third-order valence-corrected chi connectivity index (χ3v) is 10.1. The maximum atomic E-state index is 11.3. The first-order valence-corrected chi connectivity index (χ1v) is 11.1. The summed E-state index contributed by atoms with van der Waals surface area (Å²) < 4.78 is 4.76. The molecule has 5 saturated carbocycles. The Morgan fingerprint density at radius 1 is 1.00 bits per heavy atom. The second-order valence-electron chi connectivity index (χ2n) is 8.80. The van der Waals surface area contributed by atoms with Gasteiger partial charge in [0.05, 0.1) is 13.5 Å². The molecule has 4 heteroatoms. The summed E-state index contributed by atoms with van der Waals surface area (Å²) in [6, 6.07) is 0. The first-order chi connectivity index (χ1) is 11.2. The number of esters is 1. The molecule has 0 spiro atoms. The molecular weight excluding hydrogens is 324 g/mol. The van der Waals surface area contributed by atoms with Crippen molar-refractivity contribution in [3.8, 4) is 0 Å². The van der Waals surface area contributed by atoms with E-state index in [2.05, 4.69) is 0 Å². The van der Waals surface area contributed by atoms with Crippen LogP contribution >= 0.6 is 24.4 Å². The Kier molecular flexibility index (Phi) is 3.75. The van der Waals surface area contributed by atoms with Crippen molar-refractivity contribution in [3.63, 3.8) is 0 Å². The average molecular weight is 353 g/mol. The third kappa shape index (κ3) is 2.19. The maximum Gasteiger partial charge on any atom is 0.306 e. The van der Waals surface area contributed by atoms with Crippen molar-refractivity contribution < 1.29 is 9.53 Å². The molecule has 23 heavy (non-hydrogen) atoms. The van der Waals surface area contributed by atoms with Crippen molar-refractivity contribution in [1.82, 2.24) is 0 Å². The molecule has 0 radical (unpaired) electrons. The Labute approximate surface area is 149 Å². The molecule has 0 aliphatic heterocycles. The second-order valence-corrected chi connectivity index (χ2v) is 10.9. The van der Waals surface area contributed by atoms with Crippen LogP contribution in [0.5, 0.6) is 0 Å². The molecule has 0 aromatic heterocycles. The number of hydrogen-bond donors (Lipinski definition) is 1. The lowest BCUT2D eigenvalue weighted by Crippen LogP contribution is -2.39. The third-order valence-electron chi connectivity index (χ3n) is 8.24. The van der Waals surface area contributed by atoms with E-state index in [4.69, 9.17) is 17.4 Å². The van der Waals surface area contributed by atoms with E-state index in [9.17, 15) is 4.79 Å². The number of ether oxygens (including phenoxy) is 1. The minimum Gasteiger partial charge on any atom is -0.469 e. The van der Waals surface area contributed by atoms with Crippen molar-refractivity contribution in [2.45, 2.75) is 49.0 Å². The molecule has 10 unspecified atom stereocenters. The predicted octanol–water partition coefficient (Wildman–Crippen LogP) is 3.90. The minimum atomic E-state index is -0.0540. The van der Waals surface area contributed by atoms with Gasteiger partial charge in [0.15, 0.2) is 0 Å². The molecule has 5 rings (SSSR count). The highest BCUT2D eigenvalue weighted by Crippen LogP contribution is 2.73. The van der Waals surface area contributed by atoms with E-state index in [0.717, 1.165) is 58.3 Å². The summed E-state index contributed by atoms with van der Waals surface area (Å²) in [6.07, 6.45) is 7.91. The standard InChI is InChI=1S/C19H28O2S2/c1-21-17(20)2-3-23-10-6-11-12(7-10)14-8-13(11)18-9-4-15(19(14)18)16(22)5-9/h9-16,18-19,22H,2-8H2,1H3. The fraction of sp³-hybridized carbons (Fsp3) is 0.947. The van der Waals surface area contributed by atoms with Crippen LogP contribution in [-0.4, -0.2) is 29.3 Å². The second kappa shape index (κ2) is 5.59. The molecular formula is C19H28O2S2. The van der Waals surface area contributed by atoms with E-state index in [1.165, 1.54) is 32.8 Å². The van der Waals surface area contributed by atoms with Gasteiger partial charge in [-0.15, -0.1) is 0 Å². The zero-order valence-corrected chi connectivity index (χ0v) is 15.6. The zero-order valence-electron chi connectivity index (χ0n) is 13.9. The Bertz CT molecular complexity index is 510. The first-order valence-electron chi connectivity index (χ1n) is 9.54. The lowest BCUT2D eigenvalue weighted by molar-refractivity contribution is -0.140. The Hall–Kier alpha value is 0.170. The zero-order chi connectivity index (χ0) is 15.7. The van der Waals surface area contributed by atoms with Gasteiger partial charge >= 0.3 is 5.97 Å². The van der Waals surface area contributed by atoms with E-state index in [-0.39, 0.29) is 5.97 Å². The van der Waals surface area contributed by atoms with Crippen LogP contribution in [0.4, 0.5) is 0 Å². The Morgan fingerprint density at radius 2 is 1.74 bits per heavy atom. The fourth-order valence-corrected chi connectivity index (χ4v) is 9.71. The number of thiol groups is 1. The Morgan fingerprint density at radius 3 is 2.48 bits per heavy atom. The highest BCUT2D eigenvalue weighted by atomic mass is 32.2. The van der Waals surface area contributed by atoms with Crippen molar-refractivity contribution in [1.29, 1.82) is 0 Å². The average Bonchev–Trinajstić information content (AvgIpc) is 3.27. The number of methoxy groups -OCH3 is 1. The maximum absolute atomic E-state index is 11.3. The molecule has 0 aromatic rings. The summed E-state index contributed by atoms with van der Waals surface area (Å²) in [5.41, 5.74) is 0. The molecule has 5 fully saturated rings. The molecule has 0 N–H and O–H groups in total. The highest BCUT2D eigenvalue weighted by Gasteiger charge is 2.68. The van der Waals surface area contributed by atoms with Gasteiger partial charge in [0.25, 0.3) is 0 Å². The lowest BCUT2D eigenvalue weighted by atomic mass is 9.64. The van der Waals surface area contributed by atoms with E-state index >= 15 is 0 Å². The van der Waals surface area contributed by atoms with Crippen molar-refractivity contribution in [2.24, 2.45) is 47.3 Å². The van der Waals surface area contributed by atoms with Crippen LogP contribution in [0.2, 0.25) is 0 Å². The van der Waals surface area contributed by atoms with Gasteiger partial charge in [0.1, 0.15) is 0 Å². The van der Waals surface area contributed by atoms with E-state index in [1.807, 2.05) is 11.8 Å². The summed E-state index contributed by atoms with van der Waals surface area (Å²) in [5, 5.41) is 1.52. The SMILES string of the molecule is COC(=O)CCSC1CC2C(C1)C1CC2C2C3CC(S)C(C3)C12. The largest absolute Gasteiger partial charge is 0.469 e. The predicted molar refractivity (Wildman–Crippen MR) is 96.7 cm³/mol. The minimum absolute atomic E-state index is 0.0540. The van der Waals surface area contributed by atoms with Gasteiger partial charge in [-0.1, -0.05) is 0 Å². The number of fused-ring (bicyclic) bond motifs is 12. The van der Waals surface area contributed by atoms with Crippen LogP contribution in [0, 0.1) is 47.3 Å². The summed E-state index contributed by atoms with van der Waals surface area (Å²) in [4.78, 5) is 11.3. The van der Waals surface area contributed by atoms with Gasteiger partial charge in [0, 0.05) is 16.3 Å². The lowest BCUT2D eigenvalue weighted by Gasteiger charge is -2.42. The summed E-state index contributed by atoms with van der Waals surface area (Å²) >= 11 is 6.96. The molecule has 2 nitrogen and oxygen atoms in total.